The molecule has 1 aromatic heterocycles. The topological polar surface area (TPSA) is 105 Å². The molecule has 0 saturated heterocycles. The summed E-state index contributed by atoms with van der Waals surface area (Å²) in [5.74, 6) is -0.788. The van der Waals surface area contributed by atoms with Crippen LogP contribution in [0.2, 0.25) is 0 Å². The highest BCUT2D eigenvalue weighted by Crippen LogP contribution is 2.38. The Bertz CT molecular complexity index is 978. The fourth-order valence-electron chi connectivity index (χ4n) is 2.72. The Labute approximate surface area is 168 Å². The van der Waals surface area contributed by atoms with Crippen LogP contribution in [-0.2, 0) is 26.0 Å². The van der Waals surface area contributed by atoms with Gasteiger partial charge in [-0.3, -0.25) is 14.6 Å². The summed E-state index contributed by atoms with van der Waals surface area (Å²) < 4.78 is 25.2. The third kappa shape index (κ3) is 4.90. The van der Waals surface area contributed by atoms with E-state index in [1.807, 2.05) is 13.0 Å². The lowest BCUT2D eigenvalue weighted by Gasteiger charge is -2.23. The molecule has 1 aromatic carbocycles. The number of rotatable bonds is 7. The first-order valence-electron chi connectivity index (χ1n) is 8.90. The van der Waals surface area contributed by atoms with Gasteiger partial charge < -0.3 is 10.6 Å². The lowest BCUT2D eigenvalue weighted by Crippen LogP contribution is -2.28. The lowest BCUT2D eigenvalue weighted by atomic mass is 10.2. The van der Waals surface area contributed by atoms with Crippen molar-refractivity contribution in [1.82, 2.24) is 10.3 Å². The third-order valence-electron chi connectivity index (χ3n) is 4.29. The van der Waals surface area contributed by atoms with E-state index in [2.05, 4.69) is 15.6 Å². The molecular formula is C19H21N3O4S2. The van der Waals surface area contributed by atoms with E-state index in [-0.39, 0.29) is 40.7 Å². The number of anilines is 1. The highest BCUT2D eigenvalue weighted by atomic mass is 32.2. The molecule has 2 aromatic rings. The number of nitrogens with zero attached hydrogens (tertiary/aromatic N) is 1. The van der Waals surface area contributed by atoms with Gasteiger partial charge in [0.25, 0.3) is 0 Å². The molecule has 0 unspecified atom stereocenters. The van der Waals surface area contributed by atoms with Gasteiger partial charge in [-0.2, -0.15) is 0 Å². The number of nitrogens with one attached hydrogen (secondary N) is 2. The number of thioether (sulfide) groups is 1. The summed E-state index contributed by atoms with van der Waals surface area (Å²) >= 11 is 1.43. The Balaban J connectivity index is 1.61. The third-order valence-corrected chi connectivity index (χ3v) is 7.45. The van der Waals surface area contributed by atoms with Crippen LogP contribution in [0.4, 0.5) is 5.69 Å². The van der Waals surface area contributed by atoms with Crippen molar-refractivity contribution in [2.75, 3.05) is 11.1 Å². The van der Waals surface area contributed by atoms with Gasteiger partial charge >= 0.3 is 0 Å². The molecule has 2 N–H and O–H groups in total. The molecule has 0 bridgehead atoms. The van der Waals surface area contributed by atoms with Crippen molar-refractivity contribution in [1.29, 1.82) is 0 Å². The van der Waals surface area contributed by atoms with Crippen LogP contribution in [0.25, 0.3) is 0 Å². The number of sulfone groups is 1. The molecule has 0 fully saturated rings. The van der Waals surface area contributed by atoms with E-state index in [0.29, 0.717) is 17.8 Å². The first-order valence-corrected chi connectivity index (χ1v) is 11.4. The maximum absolute atomic E-state index is 12.6. The number of carbonyl (C=O) groups excluding carboxylic acids is 2. The molecule has 9 heteroatoms. The molecule has 28 heavy (non-hydrogen) atoms. The van der Waals surface area contributed by atoms with Crippen molar-refractivity contribution in [3.05, 3.63) is 48.3 Å². The Morgan fingerprint density at radius 1 is 1.29 bits per heavy atom. The molecule has 148 valence electrons. The molecule has 0 spiro atoms. The number of aromatic nitrogens is 1. The first kappa shape index (κ1) is 20.3. The van der Waals surface area contributed by atoms with Crippen molar-refractivity contribution < 1.29 is 18.0 Å². The number of carbonyl (C=O) groups is 2. The largest absolute Gasteiger partial charge is 0.350 e. The maximum atomic E-state index is 12.6. The standard InChI is InChI=1S/C19H21N3O4S2/c1-2-16-19(24)22-15-11-14(6-7-17(15)27-16)28(25,26)10-8-18(23)21-12-13-5-3-4-9-20-13/h3-7,9,11,16H,2,8,10,12H2,1H3,(H,21,23)(H,22,24)/t16-/m1/s1. The molecule has 7 nitrogen and oxygen atoms in total. The zero-order chi connectivity index (χ0) is 20.1. The molecule has 3 rings (SSSR count). The number of amides is 2. The molecule has 1 aliphatic rings. The number of hydrogen-bond donors (Lipinski definition) is 2. The summed E-state index contributed by atoms with van der Waals surface area (Å²) in [6, 6.07) is 10.1. The zero-order valence-electron chi connectivity index (χ0n) is 15.3. The van der Waals surface area contributed by atoms with Gasteiger partial charge in [0.1, 0.15) is 0 Å². The first-order chi connectivity index (χ1) is 13.4. The number of fused-ring (bicyclic) bond motifs is 1. The van der Waals surface area contributed by atoms with Gasteiger partial charge in [-0.25, -0.2) is 8.42 Å². The number of hydrogen-bond acceptors (Lipinski definition) is 6. The second kappa shape index (κ2) is 8.74. The predicted molar refractivity (Wildman–Crippen MR) is 108 cm³/mol. The van der Waals surface area contributed by atoms with Gasteiger partial charge in [0.15, 0.2) is 9.84 Å². The highest BCUT2D eigenvalue weighted by Gasteiger charge is 2.27. The normalized spacial score (nSPS) is 16.2. The second-order valence-electron chi connectivity index (χ2n) is 6.33. The molecule has 0 saturated carbocycles. The van der Waals surface area contributed by atoms with E-state index in [0.717, 1.165) is 4.90 Å². The summed E-state index contributed by atoms with van der Waals surface area (Å²) in [5.41, 5.74) is 1.20. The average molecular weight is 420 g/mol. The number of pyridine rings is 1. The summed E-state index contributed by atoms with van der Waals surface area (Å²) in [6.07, 6.45) is 2.18. The molecule has 0 aliphatic carbocycles. The van der Waals surface area contributed by atoms with Crippen LogP contribution in [0, 0.1) is 0 Å². The van der Waals surface area contributed by atoms with Crippen molar-refractivity contribution >= 4 is 39.1 Å². The summed E-state index contributed by atoms with van der Waals surface area (Å²) in [6.45, 7) is 2.18. The van der Waals surface area contributed by atoms with Gasteiger partial charge in [-0.05, 0) is 36.8 Å². The minimum atomic E-state index is -3.65. The van der Waals surface area contributed by atoms with Gasteiger partial charge in [0.05, 0.1) is 33.8 Å². The van der Waals surface area contributed by atoms with E-state index >= 15 is 0 Å². The molecule has 2 heterocycles. The lowest BCUT2D eigenvalue weighted by molar-refractivity contribution is -0.121. The molecule has 2 amide bonds. The Hall–Kier alpha value is -2.39. The molecular weight excluding hydrogens is 398 g/mol. The van der Waals surface area contributed by atoms with Crippen LogP contribution < -0.4 is 10.6 Å². The van der Waals surface area contributed by atoms with Gasteiger partial charge in [-0.1, -0.05) is 13.0 Å². The summed E-state index contributed by atoms with van der Waals surface area (Å²) in [5, 5.41) is 5.26. The zero-order valence-corrected chi connectivity index (χ0v) is 17.0. The minimum absolute atomic E-state index is 0.0969. The Morgan fingerprint density at radius 3 is 2.82 bits per heavy atom. The van der Waals surface area contributed by atoms with Crippen molar-refractivity contribution in [3.63, 3.8) is 0 Å². The second-order valence-corrected chi connectivity index (χ2v) is 9.68. The van der Waals surface area contributed by atoms with Crippen LogP contribution >= 0.6 is 11.8 Å². The van der Waals surface area contributed by atoms with Crippen molar-refractivity contribution in [2.24, 2.45) is 0 Å². The van der Waals surface area contributed by atoms with E-state index in [1.165, 1.54) is 23.9 Å². The van der Waals surface area contributed by atoms with E-state index < -0.39 is 9.84 Å². The smallest absolute Gasteiger partial charge is 0.237 e. The highest BCUT2D eigenvalue weighted by molar-refractivity contribution is 8.01. The van der Waals surface area contributed by atoms with Crippen LogP contribution in [0.3, 0.4) is 0 Å². The van der Waals surface area contributed by atoms with Crippen molar-refractivity contribution in [3.8, 4) is 0 Å². The summed E-state index contributed by atoms with van der Waals surface area (Å²) in [4.78, 5) is 29.0. The van der Waals surface area contributed by atoms with Gasteiger partial charge in [0, 0.05) is 17.5 Å². The van der Waals surface area contributed by atoms with E-state index in [4.69, 9.17) is 0 Å². The Kier molecular flexibility index (Phi) is 6.35. The van der Waals surface area contributed by atoms with Crippen LogP contribution in [0.1, 0.15) is 25.5 Å². The maximum Gasteiger partial charge on any atom is 0.237 e. The SMILES string of the molecule is CC[C@H]1Sc2ccc(S(=O)(=O)CCC(=O)NCc3ccccn3)cc2NC1=O. The van der Waals surface area contributed by atoms with Crippen molar-refractivity contribution in [2.45, 2.75) is 41.4 Å². The van der Waals surface area contributed by atoms with Crippen LogP contribution in [0.5, 0.6) is 0 Å². The molecule has 1 atom stereocenters. The van der Waals surface area contributed by atoms with Gasteiger partial charge in [-0.15, -0.1) is 11.8 Å². The van der Waals surface area contributed by atoms with Gasteiger partial charge in [0.2, 0.25) is 11.8 Å². The Morgan fingerprint density at radius 2 is 2.11 bits per heavy atom. The monoisotopic (exact) mass is 419 g/mol. The average Bonchev–Trinajstić information content (AvgIpc) is 2.70. The van der Waals surface area contributed by atoms with Crippen LogP contribution in [-0.4, -0.2) is 36.2 Å². The predicted octanol–water partition coefficient (Wildman–Crippen LogP) is 2.38. The number of benzene rings is 1. The fraction of sp³-hybridized carbons (Fsp3) is 0.316. The summed E-state index contributed by atoms with van der Waals surface area (Å²) in [7, 11) is -3.65. The van der Waals surface area contributed by atoms with E-state index in [9.17, 15) is 18.0 Å². The molecule has 0 radical (unpaired) electrons. The molecule has 1 aliphatic heterocycles. The van der Waals surface area contributed by atoms with Crippen LogP contribution in [0.15, 0.2) is 52.4 Å². The quantitative estimate of drug-likeness (QED) is 0.714. The van der Waals surface area contributed by atoms with E-state index in [1.54, 1.807) is 24.4 Å². The fourth-order valence-corrected chi connectivity index (χ4v) is 5.00. The minimum Gasteiger partial charge on any atom is -0.350 e.